The second-order valence-corrected chi connectivity index (χ2v) is 6.10. The van der Waals surface area contributed by atoms with Crippen LogP contribution in [0.5, 0.6) is 0 Å². The van der Waals surface area contributed by atoms with Crippen molar-refractivity contribution in [2.45, 2.75) is 6.04 Å². The van der Waals surface area contributed by atoms with Crippen LogP contribution < -0.4 is 4.90 Å². The Labute approximate surface area is 151 Å². The monoisotopic (exact) mass is 349 g/mol. The zero-order chi connectivity index (χ0) is 17.8. The third kappa shape index (κ3) is 3.26. The molecule has 26 heavy (non-hydrogen) atoms. The topological polar surface area (TPSA) is 80.0 Å². The molecule has 0 unspecified atom stereocenters. The molecule has 1 amide bonds. The summed E-state index contributed by atoms with van der Waals surface area (Å²) >= 11 is 0. The van der Waals surface area contributed by atoms with Gasteiger partial charge in [-0.15, -0.1) is 5.10 Å². The summed E-state index contributed by atoms with van der Waals surface area (Å²) in [5, 5.41) is 11.3. The second kappa shape index (κ2) is 7.30. The number of pyridine rings is 1. The molecule has 1 aromatic carbocycles. The average molecular weight is 349 g/mol. The number of rotatable bonds is 4. The molecule has 0 saturated carbocycles. The number of nitrogens with zero attached hydrogens (tertiary/aromatic N) is 7. The lowest BCUT2D eigenvalue weighted by Crippen LogP contribution is -2.51. The largest absolute Gasteiger partial charge is 0.353 e. The van der Waals surface area contributed by atoms with Crippen LogP contribution in [0, 0.1) is 0 Å². The Hall–Kier alpha value is -3.29. The fourth-order valence-corrected chi connectivity index (χ4v) is 3.20. The van der Waals surface area contributed by atoms with Gasteiger partial charge in [0.2, 0.25) is 0 Å². The number of piperazine rings is 1. The summed E-state index contributed by atoms with van der Waals surface area (Å²) in [6.45, 7) is 2.78. The lowest BCUT2D eigenvalue weighted by atomic mass is 10.1. The highest BCUT2D eigenvalue weighted by Gasteiger charge is 2.31. The molecule has 1 aliphatic rings. The van der Waals surface area contributed by atoms with Gasteiger partial charge in [-0.25, -0.2) is 9.67 Å². The SMILES string of the molecule is O=C([C@H](c1ccccc1)n1cnnn1)N1CCN(c2ccccn2)CC1. The van der Waals surface area contributed by atoms with Crippen molar-refractivity contribution in [3.05, 3.63) is 66.6 Å². The van der Waals surface area contributed by atoms with Crippen LogP contribution >= 0.6 is 0 Å². The summed E-state index contributed by atoms with van der Waals surface area (Å²) in [6.07, 6.45) is 3.27. The van der Waals surface area contributed by atoms with Gasteiger partial charge in [0, 0.05) is 32.4 Å². The Balaban J connectivity index is 1.51. The normalized spacial score (nSPS) is 15.7. The van der Waals surface area contributed by atoms with Gasteiger partial charge in [-0.2, -0.15) is 0 Å². The van der Waals surface area contributed by atoms with Gasteiger partial charge in [0.25, 0.3) is 5.91 Å². The molecule has 0 spiro atoms. The maximum atomic E-state index is 13.2. The van der Waals surface area contributed by atoms with Crippen LogP contribution in [0.3, 0.4) is 0 Å². The van der Waals surface area contributed by atoms with E-state index in [0.29, 0.717) is 13.1 Å². The summed E-state index contributed by atoms with van der Waals surface area (Å²) < 4.78 is 1.52. The van der Waals surface area contributed by atoms with Gasteiger partial charge in [-0.3, -0.25) is 4.79 Å². The standard InChI is InChI=1S/C18H19N7O/c26-18(17(25-14-20-21-22-25)15-6-2-1-3-7-15)24-12-10-23(11-13-24)16-8-4-5-9-19-16/h1-9,14,17H,10-13H2/t17-/m0/s1. The number of carbonyl (C=O) groups excluding carboxylic acids is 1. The number of hydrogen-bond acceptors (Lipinski definition) is 6. The lowest BCUT2D eigenvalue weighted by Gasteiger charge is -2.36. The van der Waals surface area contributed by atoms with Crippen molar-refractivity contribution in [2.75, 3.05) is 31.1 Å². The minimum absolute atomic E-state index is 0.00386. The Bertz CT molecular complexity index is 831. The van der Waals surface area contributed by atoms with Gasteiger partial charge in [-0.1, -0.05) is 36.4 Å². The van der Waals surface area contributed by atoms with Gasteiger partial charge in [0.15, 0.2) is 6.04 Å². The molecule has 0 bridgehead atoms. The summed E-state index contributed by atoms with van der Waals surface area (Å²) in [6, 6.07) is 14.9. The van der Waals surface area contributed by atoms with E-state index in [0.717, 1.165) is 24.5 Å². The highest BCUT2D eigenvalue weighted by Crippen LogP contribution is 2.21. The van der Waals surface area contributed by atoms with Crippen molar-refractivity contribution in [3.63, 3.8) is 0 Å². The van der Waals surface area contributed by atoms with E-state index in [1.165, 1.54) is 11.0 Å². The number of aromatic nitrogens is 5. The van der Waals surface area contributed by atoms with E-state index in [9.17, 15) is 4.79 Å². The van der Waals surface area contributed by atoms with Crippen molar-refractivity contribution < 1.29 is 4.79 Å². The quantitative estimate of drug-likeness (QED) is 0.699. The molecule has 1 aliphatic heterocycles. The van der Waals surface area contributed by atoms with E-state index in [-0.39, 0.29) is 5.91 Å². The number of anilines is 1. The molecule has 0 aliphatic carbocycles. The van der Waals surface area contributed by atoms with E-state index >= 15 is 0 Å². The van der Waals surface area contributed by atoms with Crippen LogP contribution in [-0.2, 0) is 4.79 Å². The third-order valence-electron chi connectivity index (χ3n) is 4.54. The van der Waals surface area contributed by atoms with Crippen LogP contribution in [0.1, 0.15) is 11.6 Å². The molecular weight excluding hydrogens is 330 g/mol. The summed E-state index contributed by atoms with van der Waals surface area (Å²) in [4.78, 5) is 21.7. The van der Waals surface area contributed by atoms with Gasteiger partial charge >= 0.3 is 0 Å². The molecule has 3 heterocycles. The summed E-state index contributed by atoms with van der Waals surface area (Å²) in [7, 11) is 0. The van der Waals surface area contributed by atoms with E-state index in [1.807, 2.05) is 53.4 Å². The average Bonchev–Trinajstić information content (AvgIpc) is 3.24. The van der Waals surface area contributed by atoms with Crippen LogP contribution in [-0.4, -0.2) is 62.2 Å². The van der Waals surface area contributed by atoms with E-state index < -0.39 is 6.04 Å². The van der Waals surface area contributed by atoms with E-state index in [2.05, 4.69) is 25.4 Å². The zero-order valence-electron chi connectivity index (χ0n) is 14.2. The molecule has 0 N–H and O–H groups in total. The zero-order valence-corrected chi connectivity index (χ0v) is 14.2. The lowest BCUT2D eigenvalue weighted by molar-refractivity contribution is -0.134. The Morgan fingerprint density at radius 2 is 1.73 bits per heavy atom. The van der Waals surface area contributed by atoms with Crippen LogP contribution in [0.15, 0.2) is 61.1 Å². The summed E-state index contributed by atoms with van der Waals surface area (Å²) in [5.74, 6) is 0.948. The molecule has 8 heteroatoms. The minimum atomic E-state index is -0.549. The maximum Gasteiger partial charge on any atom is 0.252 e. The van der Waals surface area contributed by atoms with E-state index in [1.54, 1.807) is 6.20 Å². The van der Waals surface area contributed by atoms with Crippen molar-refractivity contribution in [2.24, 2.45) is 0 Å². The van der Waals surface area contributed by atoms with Crippen molar-refractivity contribution in [3.8, 4) is 0 Å². The van der Waals surface area contributed by atoms with Gasteiger partial charge in [0.05, 0.1) is 0 Å². The highest BCUT2D eigenvalue weighted by atomic mass is 16.2. The number of benzene rings is 1. The fourth-order valence-electron chi connectivity index (χ4n) is 3.20. The first-order valence-electron chi connectivity index (χ1n) is 8.55. The molecule has 1 saturated heterocycles. The Morgan fingerprint density at radius 1 is 0.962 bits per heavy atom. The van der Waals surface area contributed by atoms with Crippen LogP contribution in [0.2, 0.25) is 0 Å². The molecule has 0 radical (unpaired) electrons. The van der Waals surface area contributed by atoms with E-state index in [4.69, 9.17) is 0 Å². The molecule has 132 valence electrons. The van der Waals surface area contributed by atoms with Gasteiger partial charge in [-0.05, 0) is 28.1 Å². The van der Waals surface area contributed by atoms with Gasteiger partial charge in [0.1, 0.15) is 12.1 Å². The molecule has 2 aromatic heterocycles. The van der Waals surface area contributed by atoms with Gasteiger partial charge < -0.3 is 9.80 Å². The molecule has 8 nitrogen and oxygen atoms in total. The number of amides is 1. The Morgan fingerprint density at radius 3 is 2.38 bits per heavy atom. The Kier molecular flexibility index (Phi) is 4.55. The molecule has 4 rings (SSSR count). The molecule has 1 atom stereocenters. The van der Waals surface area contributed by atoms with Crippen molar-refractivity contribution in [1.82, 2.24) is 30.1 Å². The predicted octanol–water partition coefficient (Wildman–Crippen LogP) is 1.01. The highest BCUT2D eigenvalue weighted by molar-refractivity contribution is 5.83. The first-order chi connectivity index (χ1) is 12.8. The first kappa shape index (κ1) is 16.2. The fraction of sp³-hybridized carbons (Fsp3) is 0.278. The first-order valence-corrected chi connectivity index (χ1v) is 8.55. The smallest absolute Gasteiger partial charge is 0.252 e. The van der Waals surface area contributed by atoms with Crippen molar-refractivity contribution in [1.29, 1.82) is 0 Å². The molecule has 1 fully saturated rings. The molecular formula is C18H19N7O. The van der Waals surface area contributed by atoms with Crippen LogP contribution in [0.4, 0.5) is 5.82 Å². The maximum absolute atomic E-state index is 13.2. The third-order valence-corrected chi connectivity index (χ3v) is 4.54. The molecule has 3 aromatic rings. The predicted molar refractivity (Wildman–Crippen MR) is 95.4 cm³/mol. The second-order valence-electron chi connectivity index (χ2n) is 6.10. The minimum Gasteiger partial charge on any atom is -0.353 e. The number of carbonyl (C=O) groups is 1. The number of tetrazole rings is 1. The van der Waals surface area contributed by atoms with Crippen LogP contribution in [0.25, 0.3) is 0 Å². The summed E-state index contributed by atoms with van der Waals surface area (Å²) in [5.41, 5.74) is 0.872. The van der Waals surface area contributed by atoms with Crippen molar-refractivity contribution >= 4 is 11.7 Å². The number of hydrogen-bond donors (Lipinski definition) is 0.